The van der Waals surface area contributed by atoms with Crippen LogP contribution >= 0.6 is 12.2 Å². The van der Waals surface area contributed by atoms with Crippen LogP contribution < -0.4 is 5.69 Å². The molecule has 6 heteroatoms. The summed E-state index contributed by atoms with van der Waals surface area (Å²) in [5.74, 6) is 0. The second kappa shape index (κ2) is 4.32. The van der Waals surface area contributed by atoms with Crippen molar-refractivity contribution >= 4 is 12.2 Å². The van der Waals surface area contributed by atoms with Crippen LogP contribution in [0.25, 0.3) is 0 Å². The van der Waals surface area contributed by atoms with Gasteiger partial charge in [0.15, 0.2) is 6.23 Å². The maximum Gasteiger partial charge on any atom is 0.328 e. The molecular formula is C10H12N2O3S. The number of nitrogens with one attached hydrogen (secondary N) is 1. The number of aromatic amines is 1. The quantitative estimate of drug-likeness (QED) is 0.591. The Labute approximate surface area is 97.0 Å². The first kappa shape index (κ1) is 11.3. The molecule has 0 bridgehead atoms. The highest BCUT2D eigenvalue weighted by Gasteiger charge is 2.25. The number of rotatable bonds is 2. The second-order valence-corrected chi connectivity index (χ2v) is 4.08. The number of nitrogens with zero attached hydrogens (tertiary/aromatic N) is 1. The van der Waals surface area contributed by atoms with Crippen molar-refractivity contribution in [3.05, 3.63) is 39.0 Å². The number of hydrogen-bond donors (Lipinski definition) is 2. The summed E-state index contributed by atoms with van der Waals surface area (Å²) >= 11 is 4.84. The zero-order chi connectivity index (χ0) is 11.7. The lowest BCUT2D eigenvalue weighted by molar-refractivity contribution is -0.0143. The largest absolute Gasteiger partial charge is 0.393 e. The second-order valence-electron chi connectivity index (χ2n) is 3.64. The first-order valence-corrected chi connectivity index (χ1v) is 5.29. The van der Waals surface area contributed by atoms with Gasteiger partial charge in [0.2, 0.25) is 0 Å². The molecular weight excluding hydrogens is 228 g/mol. The Bertz CT molecular complexity index is 531. The topological polar surface area (TPSA) is 67.2 Å². The van der Waals surface area contributed by atoms with Crippen LogP contribution in [0.2, 0.25) is 0 Å². The van der Waals surface area contributed by atoms with E-state index in [1.807, 2.05) is 6.92 Å². The zero-order valence-electron chi connectivity index (χ0n) is 8.71. The van der Waals surface area contributed by atoms with Gasteiger partial charge in [-0.3, -0.25) is 9.55 Å². The van der Waals surface area contributed by atoms with Gasteiger partial charge in [-0.05, 0) is 18.6 Å². The molecule has 1 aliphatic rings. The van der Waals surface area contributed by atoms with Crippen LogP contribution in [0.3, 0.4) is 0 Å². The molecule has 2 rings (SSSR count). The van der Waals surface area contributed by atoms with E-state index in [9.17, 15) is 4.79 Å². The number of H-pyrrole nitrogens is 1. The number of aromatic nitrogens is 2. The minimum absolute atomic E-state index is 0.0918. The fourth-order valence-electron chi connectivity index (χ4n) is 1.68. The van der Waals surface area contributed by atoms with E-state index in [4.69, 9.17) is 22.1 Å². The average molecular weight is 240 g/mol. The normalized spacial score (nSPS) is 24.5. The van der Waals surface area contributed by atoms with Crippen molar-refractivity contribution in [3.63, 3.8) is 0 Å². The Morgan fingerprint density at radius 3 is 3.00 bits per heavy atom. The molecule has 0 aromatic carbocycles. The Kier molecular flexibility index (Phi) is 3.04. The SMILES string of the molecule is CC1=C[C@H](CO)O[C@@H]1n1ccc(=S)[nH]c1=O. The van der Waals surface area contributed by atoms with E-state index >= 15 is 0 Å². The van der Waals surface area contributed by atoms with E-state index in [1.165, 1.54) is 4.57 Å². The Hall–Kier alpha value is -1.24. The number of ether oxygens (including phenoxy) is 1. The number of aliphatic hydroxyl groups excluding tert-OH is 1. The maximum atomic E-state index is 11.6. The summed E-state index contributed by atoms with van der Waals surface area (Å²) in [7, 11) is 0. The van der Waals surface area contributed by atoms with Crippen molar-refractivity contribution in [1.29, 1.82) is 0 Å². The van der Waals surface area contributed by atoms with Crippen molar-refractivity contribution in [2.75, 3.05) is 6.61 Å². The molecule has 16 heavy (non-hydrogen) atoms. The zero-order valence-corrected chi connectivity index (χ0v) is 9.53. The predicted octanol–water partition coefficient (Wildman–Crippen LogP) is 0.742. The first-order chi connectivity index (χ1) is 7.61. The molecule has 0 unspecified atom stereocenters. The highest BCUT2D eigenvalue weighted by molar-refractivity contribution is 7.71. The minimum Gasteiger partial charge on any atom is -0.393 e. The molecule has 5 nitrogen and oxygen atoms in total. The van der Waals surface area contributed by atoms with E-state index in [-0.39, 0.29) is 18.4 Å². The van der Waals surface area contributed by atoms with Gasteiger partial charge in [-0.25, -0.2) is 4.79 Å². The van der Waals surface area contributed by atoms with E-state index in [0.29, 0.717) is 4.64 Å². The summed E-state index contributed by atoms with van der Waals surface area (Å²) in [4.78, 5) is 14.2. The predicted molar refractivity (Wildman–Crippen MR) is 60.6 cm³/mol. The van der Waals surface area contributed by atoms with E-state index in [1.54, 1.807) is 18.3 Å². The fourth-order valence-corrected chi connectivity index (χ4v) is 1.83. The molecule has 2 N–H and O–H groups in total. The van der Waals surface area contributed by atoms with Crippen LogP contribution in [0.4, 0.5) is 0 Å². The van der Waals surface area contributed by atoms with E-state index < -0.39 is 6.23 Å². The van der Waals surface area contributed by atoms with Crippen molar-refractivity contribution < 1.29 is 9.84 Å². The molecule has 2 heterocycles. The molecule has 0 saturated heterocycles. The third-order valence-electron chi connectivity index (χ3n) is 2.43. The van der Waals surface area contributed by atoms with Crippen LogP contribution in [0.5, 0.6) is 0 Å². The highest BCUT2D eigenvalue weighted by Crippen LogP contribution is 2.26. The molecule has 86 valence electrons. The van der Waals surface area contributed by atoms with Crippen molar-refractivity contribution in [1.82, 2.24) is 9.55 Å². The average Bonchev–Trinajstić information content (AvgIpc) is 2.60. The van der Waals surface area contributed by atoms with Crippen LogP contribution in [0.15, 0.2) is 28.7 Å². The summed E-state index contributed by atoms with van der Waals surface area (Å²) in [6.07, 6.45) is 2.58. The van der Waals surface area contributed by atoms with Gasteiger partial charge in [0, 0.05) is 6.20 Å². The maximum absolute atomic E-state index is 11.6. The highest BCUT2D eigenvalue weighted by atomic mass is 32.1. The lowest BCUT2D eigenvalue weighted by Gasteiger charge is -2.16. The van der Waals surface area contributed by atoms with Crippen molar-refractivity contribution in [3.8, 4) is 0 Å². The van der Waals surface area contributed by atoms with Gasteiger partial charge >= 0.3 is 5.69 Å². The van der Waals surface area contributed by atoms with E-state index in [2.05, 4.69) is 4.98 Å². The fraction of sp³-hybridized carbons (Fsp3) is 0.400. The minimum atomic E-state index is -0.462. The molecule has 0 saturated carbocycles. The first-order valence-electron chi connectivity index (χ1n) is 4.88. The number of hydrogen-bond acceptors (Lipinski definition) is 4. The molecule has 0 amide bonds. The van der Waals surface area contributed by atoms with Gasteiger partial charge in [0.1, 0.15) is 10.7 Å². The molecule has 0 spiro atoms. The van der Waals surface area contributed by atoms with Gasteiger partial charge in [-0.1, -0.05) is 18.3 Å². The van der Waals surface area contributed by atoms with Crippen LogP contribution in [0.1, 0.15) is 13.2 Å². The molecule has 1 aromatic heterocycles. The molecule has 1 aliphatic heterocycles. The molecule has 0 fully saturated rings. The Morgan fingerprint density at radius 2 is 2.44 bits per heavy atom. The Balaban J connectivity index is 2.37. The van der Waals surface area contributed by atoms with Crippen molar-refractivity contribution in [2.45, 2.75) is 19.3 Å². The summed E-state index contributed by atoms with van der Waals surface area (Å²) in [5, 5.41) is 8.98. The monoisotopic (exact) mass is 240 g/mol. The van der Waals surface area contributed by atoms with Crippen molar-refractivity contribution in [2.24, 2.45) is 0 Å². The molecule has 1 aromatic rings. The lowest BCUT2D eigenvalue weighted by Crippen LogP contribution is -2.28. The van der Waals surface area contributed by atoms with Crippen LogP contribution in [-0.2, 0) is 4.74 Å². The van der Waals surface area contributed by atoms with Gasteiger partial charge in [-0.2, -0.15) is 0 Å². The van der Waals surface area contributed by atoms with Gasteiger partial charge in [0.05, 0.1) is 6.61 Å². The van der Waals surface area contributed by atoms with Gasteiger partial charge < -0.3 is 9.84 Å². The third-order valence-corrected chi connectivity index (χ3v) is 2.66. The van der Waals surface area contributed by atoms with Crippen LogP contribution in [0, 0.1) is 4.64 Å². The summed E-state index contributed by atoms with van der Waals surface area (Å²) in [6, 6.07) is 1.62. The third kappa shape index (κ3) is 1.99. The summed E-state index contributed by atoms with van der Waals surface area (Å²) in [6.45, 7) is 1.76. The van der Waals surface area contributed by atoms with Gasteiger partial charge in [-0.15, -0.1) is 0 Å². The molecule has 0 radical (unpaired) electrons. The smallest absolute Gasteiger partial charge is 0.328 e. The molecule has 0 aliphatic carbocycles. The molecule has 2 atom stereocenters. The lowest BCUT2D eigenvalue weighted by atomic mass is 10.2. The van der Waals surface area contributed by atoms with E-state index in [0.717, 1.165) is 5.57 Å². The van der Waals surface area contributed by atoms with Gasteiger partial charge in [0.25, 0.3) is 0 Å². The Morgan fingerprint density at radius 1 is 1.69 bits per heavy atom. The number of aliphatic hydroxyl groups is 1. The summed E-state index contributed by atoms with van der Waals surface area (Å²) < 4.78 is 7.30. The summed E-state index contributed by atoms with van der Waals surface area (Å²) in [5.41, 5.74) is 0.579. The van der Waals surface area contributed by atoms with Crippen LogP contribution in [-0.4, -0.2) is 27.4 Å². The standard InChI is InChI=1S/C10H12N2O3S/c1-6-4-7(5-13)15-9(6)12-3-2-8(16)11-10(12)14/h2-4,7,9,13H,5H2,1H3,(H,11,14,16)/t7-,9+/m1/s1.